The Morgan fingerprint density at radius 2 is 1.73 bits per heavy atom. The average Bonchev–Trinajstić information content (AvgIpc) is 2.77. The van der Waals surface area contributed by atoms with E-state index in [1.165, 1.54) is 27.9 Å². The highest BCUT2D eigenvalue weighted by molar-refractivity contribution is 5.68. The summed E-state index contributed by atoms with van der Waals surface area (Å²) in [6, 6.07) is 16.2. The van der Waals surface area contributed by atoms with Crippen molar-refractivity contribution in [3.63, 3.8) is 0 Å². The molecule has 2 aliphatic rings. The first kappa shape index (κ1) is 18.9. The van der Waals surface area contributed by atoms with Gasteiger partial charge in [0.05, 0.1) is 13.2 Å². The van der Waals surface area contributed by atoms with Gasteiger partial charge in [-0.15, -0.1) is 0 Å². The van der Waals surface area contributed by atoms with E-state index in [0.717, 1.165) is 31.5 Å². The van der Waals surface area contributed by atoms with Crippen molar-refractivity contribution in [1.29, 1.82) is 0 Å². The SMILES string of the molecule is CN(C)c1ccc2c(c1)Cc1cccc(-c3cc(=O)cc(N4CCOCC4)o3)c1C2. The number of hydrogen-bond donors (Lipinski definition) is 0. The Morgan fingerprint density at radius 3 is 2.53 bits per heavy atom. The van der Waals surface area contributed by atoms with Gasteiger partial charge in [0.15, 0.2) is 11.3 Å². The fraction of sp³-hybridized carbons (Fsp3) is 0.320. The van der Waals surface area contributed by atoms with Crippen LogP contribution in [0.1, 0.15) is 22.3 Å². The van der Waals surface area contributed by atoms with Crippen LogP contribution >= 0.6 is 0 Å². The molecule has 1 aliphatic heterocycles. The molecular formula is C25H26N2O3. The van der Waals surface area contributed by atoms with Gasteiger partial charge >= 0.3 is 0 Å². The van der Waals surface area contributed by atoms with Gasteiger partial charge in [-0.3, -0.25) is 4.79 Å². The Kier molecular flexibility index (Phi) is 4.83. The van der Waals surface area contributed by atoms with Crippen LogP contribution in [-0.2, 0) is 17.6 Å². The van der Waals surface area contributed by atoms with Gasteiger partial charge in [-0.05, 0) is 47.2 Å². The Labute approximate surface area is 176 Å². The summed E-state index contributed by atoms with van der Waals surface area (Å²) in [4.78, 5) is 16.7. The van der Waals surface area contributed by atoms with Crippen LogP contribution in [0.2, 0.25) is 0 Å². The third-order valence-corrected chi connectivity index (χ3v) is 6.07. The lowest BCUT2D eigenvalue weighted by Gasteiger charge is -2.28. The molecule has 1 aromatic heterocycles. The van der Waals surface area contributed by atoms with E-state index < -0.39 is 0 Å². The fourth-order valence-electron chi connectivity index (χ4n) is 4.40. The van der Waals surface area contributed by atoms with Gasteiger partial charge in [-0.1, -0.05) is 24.3 Å². The summed E-state index contributed by atoms with van der Waals surface area (Å²) in [5.41, 5.74) is 7.48. The lowest BCUT2D eigenvalue weighted by Crippen LogP contribution is -2.36. The normalized spacial score (nSPS) is 15.5. The van der Waals surface area contributed by atoms with Gasteiger partial charge in [0.2, 0.25) is 0 Å². The first-order valence-corrected chi connectivity index (χ1v) is 10.5. The fourth-order valence-corrected chi connectivity index (χ4v) is 4.40. The van der Waals surface area contributed by atoms with E-state index in [1.54, 1.807) is 12.1 Å². The maximum Gasteiger partial charge on any atom is 0.200 e. The van der Waals surface area contributed by atoms with Crippen molar-refractivity contribution in [3.05, 3.63) is 81.0 Å². The van der Waals surface area contributed by atoms with Gasteiger partial charge < -0.3 is 19.0 Å². The molecule has 5 heteroatoms. The zero-order chi connectivity index (χ0) is 20.7. The largest absolute Gasteiger partial charge is 0.440 e. The highest BCUT2D eigenvalue weighted by atomic mass is 16.5. The molecule has 30 heavy (non-hydrogen) atoms. The highest BCUT2D eigenvalue weighted by Crippen LogP contribution is 2.36. The zero-order valence-corrected chi connectivity index (χ0v) is 17.5. The molecule has 154 valence electrons. The van der Waals surface area contributed by atoms with Crippen LogP contribution in [0.5, 0.6) is 0 Å². The minimum Gasteiger partial charge on any atom is -0.440 e. The molecule has 5 nitrogen and oxygen atoms in total. The second-order valence-corrected chi connectivity index (χ2v) is 8.24. The second-order valence-electron chi connectivity index (χ2n) is 8.24. The molecule has 0 saturated carbocycles. The molecule has 1 aliphatic carbocycles. The summed E-state index contributed by atoms with van der Waals surface area (Å²) in [6.07, 6.45) is 1.74. The van der Waals surface area contributed by atoms with E-state index in [9.17, 15) is 4.79 Å². The topological polar surface area (TPSA) is 45.9 Å². The quantitative estimate of drug-likeness (QED) is 0.523. The van der Waals surface area contributed by atoms with Crippen molar-refractivity contribution in [3.8, 4) is 11.3 Å². The molecule has 0 N–H and O–H groups in total. The van der Waals surface area contributed by atoms with E-state index in [2.05, 4.69) is 60.3 Å². The van der Waals surface area contributed by atoms with E-state index in [4.69, 9.17) is 9.15 Å². The summed E-state index contributed by atoms with van der Waals surface area (Å²) in [5.74, 6) is 1.28. The van der Waals surface area contributed by atoms with Crippen molar-refractivity contribution in [2.45, 2.75) is 12.8 Å². The Balaban J connectivity index is 1.54. The van der Waals surface area contributed by atoms with E-state index in [-0.39, 0.29) is 5.43 Å². The minimum atomic E-state index is -0.0258. The molecule has 1 saturated heterocycles. The lowest BCUT2D eigenvalue weighted by atomic mass is 9.83. The zero-order valence-electron chi connectivity index (χ0n) is 17.5. The summed E-state index contributed by atoms with van der Waals surface area (Å²) < 4.78 is 11.7. The van der Waals surface area contributed by atoms with Crippen molar-refractivity contribution in [2.75, 3.05) is 50.2 Å². The van der Waals surface area contributed by atoms with Gasteiger partial charge in [-0.2, -0.15) is 0 Å². The van der Waals surface area contributed by atoms with Crippen molar-refractivity contribution in [1.82, 2.24) is 0 Å². The van der Waals surface area contributed by atoms with Crippen LogP contribution in [-0.4, -0.2) is 40.4 Å². The smallest absolute Gasteiger partial charge is 0.200 e. The molecule has 0 atom stereocenters. The van der Waals surface area contributed by atoms with Crippen molar-refractivity contribution < 1.29 is 9.15 Å². The van der Waals surface area contributed by atoms with Crippen LogP contribution < -0.4 is 15.2 Å². The van der Waals surface area contributed by atoms with Gasteiger partial charge in [0.25, 0.3) is 0 Å². The van der Waals surface area contributed by atoms with Gasteiger partial charge in [-0.25, -0.2) is 0 Å². The number of anilines is 2. The number of hydrogen-bond acceptors (Lipinski definition) is 5. The summed E-state index contributed by atoms with van der Waals surface area (Å²) >= 11 is 0. The molecular weight excluding hydrogens is 376 g/mol. The summed E-state index contributed by atoms with van der Waals surface area (Å²) in [6.45, 7) is 2.78. The van der Waals surface area contributed by atoms with E-state index in [0.29, 0.717) is 24.9 Å². The average molecular weight is 402 g/mol. The van der Waals surface area contributed by atoms with Gasteiger partial charge in [0, 0.05) is 50.6 Å². The van der Waals surface area contributed by atoms with Gasteiger partial charge in [0.1, 0.15) is 5.76 Å². The number of nitrogens with zero attached hydrogens (tertiary/aromatic N) is 2. The summed E-state index contributed by atoms with van der Waals surface area (Å²) in [5, 5.41) is 0. The summed E-state index contributed by atoms with van der Waals surface area (Å²) in [7, 11) is 4.14. The maximum atomic E-state index is 12.5. The number of ether oxygens (including phenoxy) is 1. The molecule has 0 amide bonds. The van der Waals surface area contributed by atoms with E-state index >= 15 is 0 Å². The van der Waals surface area contributed by atoms with Crippen molar-refractivity contribution >= 4 is 11.6 Å². The third kappa shape index (κ3) is 3.50. The molecule has 0 radical (unpaired) electrons. The second kappa shape index (κ2) is 7.65. The van der Waals surface area contributed by atoms with E-state index in [1.807, 2.05) is 0 Å². The first-order chi connectivity index (χ1) is 14.6. The Hall–Kier alpha value is -3.05. The molecule has 1 fully saturated rings. The number of benzene rings is 2. The molecule has 5 rings (SSSR count). The number of fused-ring (bicyclic) bond motifs is 2. The Bertz CT molecular complexity index is 1140. The highest BCUT2D eigenvalue weighted by Gasteiger charge is 2.22. The van der Waals surface area contributed by atoms with Crippen LogP contribution in [0.4, 0.5) is 11.6 Å². The molecule has 2 heterocycles. The van der Waals surface area contributed by atoms with Crippen LogP contribution in [0, 0.1) is 0 Å². The predicted molar refractivity (Wildman–Crippen MR) is 120 cm³/mol. The number of morpholine rings is 1. The monoisotopic (exact) mass is 402 g/mol. The third-order valence-electron chi connectivity index (χ3n) is 6.07. The maximum absolute atomic E-state index is 12.5. The standard InChI is InChI=1S/C25H26N2O3/c1-26(2)20-7-6-17-14-23-18(12-19(17)13-20)4-3-5-22(23)24-15-21(28)16-25(30-24)27-8-10-29-11-9-27/h3-7,13,15-16H,8-12,14H2,1-2H3. The molecule has 0 unspecified atom stereocenters. The first-order valence-electron chi connectivity index (χ1n) is 10.5. The van der Waals surface area contributed by atoms with Crippen molar-refractivity contribution in [2.24, 2.45) is 0 Å². The van der Waals surface area contributed by atoms with Crippen LogP contribution in [0.15, 0.2) is 57.7 Å². The molecule has 0 spiro atoms. The number of rotatable bonds is 3. The Morgan fingerprint density at radius 1 is 0.900 bits per heavy atom. The predicted octanol–water partition coefficient (Wildman–Crippen LogP) is 3.70. The molecule has 2 aromatic carbocycles. The molecule has 0 bridgehead atoms. The molecule has 3 aromatic rings. The van der Waals surface area contributed by atoms with Crippen LogP contribution in [0.3, 0.4) is 0 Å². The lowest BCUT2D eigenvalue weighted by molar-refractivity contribution is 0.120. The van der Waals surface area contributed by atoms with Crippen LogP contribution in [0.25, 0.3) is 11.3 Å². The minimum absolute atomic E-state index is 0.0258.